The molecule has 68 heavy (non-hydrogen) atoms. The summed E-state index contributed by atoms with van der Waals surface area (Å²) < 4.78 is 32.9. The number of alkyl carbamates (subject to hydrolysis) is 1. The van der Waals surface area contributed by atoms with Crippen LogP contribution >= 0.6 is 23.4 Å². The Labute approximate surface area is 409 Å². The van der Waals surface area contributed by atoms with Crippen LogP contribution in [0, 0.1) is 11.7 Å². The molecule has 6 aromatic carbocycles. The third-order valence-electron chi connectivity index (χ3n) is 12.7. The van der Waals surface area contributed by atoms with Gasteiger partial charge in [0.25, 0.3) is 0 Å². The maximum atomic E-state index is 15.0. The molecule has 0 unspecified atom stereocenters. The second-order valence-corrected chi connectivity index (χ2v) is 19.2. The van der Waals surface area contributed by atoms with Crippen molar-refractivity contribution in [2.24, 2.45) is 5.92 Å². The van der Waals surface area contributed by atoms with E-state index < -0.39 is 12.1 Å². The van der Waals surface area contributed by atoms with Crippen molar-refractivity contribution in [3.05, 3.63) is 184 Å². The number of piperazine rings is 1. The van der Waals surface area contributed by atoms with Gasteiger partial charge in [-0.1, -0.05) is 116 Å². The summed E-state index contributed by atoms with van der Waals surface area (Å²) in [5.41, 5.74) is 6.86. The topological polar surface area (TPSA) is 83.6 Å². The van der Waals surface area contributed by atoms with Crippen LogP contribution in [-0.2, 0) is 42.3 Å². The lowest BCUT2D eigenvalue weighted by molar-refractivity contribution is -0.137. The van der Waals surface area contributed by atoms with Crippen molar-refractivity contribution in [2.75, 3.05) is 51.6 Å². The van der Waals surface area contributed by atoms with Crippen LogP contribution in [0.15, 0.2) is 150 Å². The Morgan fingerprint density at radius 3 is 1.97 bits per heavy atom. The van der Waals surface area contributed by atoms with Gasteiger partial charge in [0.1, 0.15) is 43.2 Å². The lowest BCUT2D eigenvalue weighted by Gasteiger charge is -2.40. The number of carbonyl (C=O) groups is 2. The smallest absolute Gasteiger partial charge is 0.408 e. The summed E-state index contributed by atoms with van der Waals surface area (Å²) in [4.78, 5) is 35.9. The van der Waals surface area contributed by atoms with Gasteiger partial charge in [-0.25, -0.2) is 9.18 Å². The van der Waals surface area contributed by atoms with Gasteiger partial charge in [0.15, 0.2) is 0 Å². The van der Waals surface area contributed by atoms with E-state index in [1.165, 1.54) is 22.6 Å². The zero-order valence-corrected chi connectivity index (χ0v) is 40.2. The first-order valence-electron chi connectivity index (χ1n) is 23.7. The lowest BCUT2D eigenvalue weighted by atomic mass is 9.88. The summed E-state index contributed by atoms with van der Waals surface area (Å²) in [6, 6.07) is 45.7. The highest BCUT2D eigenvalue weighted by atomic mass is 35.5. The molecule has 1 N–H and O–H groups in total. The fraction of sp³-hybridized carbons (Fsp3) is 0.321. The Bertz CT molecular complexity index is 2560. The average molecular weight is 956 g/mol. The molecule has 2 amide bonds. The Morgan fingerprint density at radius 2 is 1.32 bits per heavy atom. The number of likely N-dealkylation sites (tertiary alicyclic amines) is 1. The number of amides is 2. The van der Waals surface area contributed by atoms with E-state index in [2.05, 4.69) is 46.3 Å². The molecule has 6 aromatic rings. The summed E-state index contributed by atoms with van der Waals surface area (Å²) in [6.45, 7) is 8.67. The Kier molecular flexibility index (Phi) is 17.5. The second-order valence-electron chi connectivity index (χ2n) is 17.4. The monoisotopic (exact) mass is 954 g/mol. The largest absolute Gasteiger partial charge is 0.489 e. The van der Waals surface area contributed by atoms with Crippen molar-refractivity contribution in [1.29, 1.82) is 0 Å². The van der Waals surface area contributed by atoms with Crippen LogP contribution in [-0.4, -0.2) is 84.3 Å². The molecule has 2 saturated heterocycles. The fourth-order valence-corrected chi connectivity index (χ4v) is 10.0. The van der Waals surface area contributed by atoms with E-state index in [9.17, 15) is 9.59 Å². The number of hydrogen-bond donors (Lipinski definition) is 1. The first-order chi connectivity index (χ1) is 33.3. The summed E-state index contributed by atoms with van der Waals surface area (Å²) in [7, 11) is 0. The maximum absolute atomic E-state index is 15.0. The second kappa shape index (κ2) is 24.4. The zero-order chi connectivity index (χ0) is 47.1. The van der Waals surface area contributed by atoms with Crippen LogP contribution in [0.1, 0.15) is 47.6 Å². The van der Waals surface area contributed by atoms with Crippen molar-refractivity contribution in [2.45, 2.75) is 63.5 Å². The number of nitrogens with one attached hydrogen (secondary N) is 1. The molecule has 2 aliphatic heterocycles. The van der Waals surface area contributed by atoms with Gasteiger partial charge in [0.2, 0.25) is 5.91 Å². The van der Waals surface area contributed by atoms with Crippen LogP contribution < -0.4 is 14.8 Å². The zero-order valence-electron chi connectivity index (χ0n) is 38.7. The number of nitrogens with zero attached hydrogens (tertiary/aromatic N) is 3. The molecule has 2 aliphatic rings. The molecule has 2 heterocycles. The minimum Gasteiger partial charge on any atom is -0.489 e. The van der Waals surface area contributed by atoms with Crippen molar-refractivity contribution in [1.82, 2.24) is 20.0 Å². The van der Waals surface area contributed by atoms with E-state index in [1.54, 1.807) is 0 Å². The van der Waals surface area contributed by atoms with Gasteiger partial charge in [0.05, 0.1) is 0 Å². The number of ether oxygens (including phenoxy) is 3. The van der Waals surface area contributed by atoms with Gasteiger partial charge in [-0.3, -0.25) is 9.69 Å². The normalized spacial score (nSPS) is 15.1. The number of carbonyl (C=O) groups excluding carboxylic acids is 2. The lowest BCUT2D eigenvalue weighted by Crippen LogP contribution is -2.58. The molecule has 0 aromatic heterocycles. The molecule has 9 nitrogen and oxygen atoms in total. The van der Waals surface area contributed by atoms with E-state index in [0.717, 1.165) is 83.9 Å². The number of benzene rings is 6. The van der Waals surface area contributed by atoms with Crippen molar-refractivity contribution < 1.29 is 28.2 Å². The Hall–Kier alpha value is -5.85. The molecule has 0 radical (unpaired) electrons. The molecule has 12 heteroatoms. The van der Waals surface area contributed by atoms with Gasteiger partial charge in [0, 0.05) is 55.3 Å². The highest BCUT2D eigenvalue weighted by Crippen LogP contribution is 2.33. The molecule has 0 aliphatic carbocycles. The highest BCUT2D eigenvalue weighted by molar-refractivity contribution is 7.99. The van der Waals surface area contributed by atoms with E-state index >= 15 is 4.39 Å². The molecule has 2 fully saturated rings. The van der Waals surface area contributed by atoms with Gasteiger partial charge in [-0.2, -0.15) is 0 Å². The van der Waals surface area contributed by atoms with Gasteiger partial charge in [-0.15, -0.1) is 11.8 Å². The number of halogens is 2. The summed E-state index contributed by atoms with van der Waals surface area (Å²) in [5.74, 6) is 1.76. The number of thioether (sulfide) groups is 1. The van der Waals surface area contributed by atoms with E-state index in [1.807, 2.05) is 126 Å². The molecule has 1 atom stereocenters. The standard InChI is InChI=1S/C56H60ClFN4O5S/c1-2-68-53-21-19-50(65-38-41-12-6-3-7-13-41)35-47(53)37-61-28-30-62(31-29-61)55(63)54(59-56(64)67-40-43-16-10-5-11-17-43)44-22-25-60(26-23-44)27-24-45-32-48(57)18-20-52(45)46-33-49(58)36-51(34-46)66-39-42-14-8-4-9-15-42/h3-21,32-36,44,54H,2,22-31,37-40H2,1H3,(H,59,64)/t54-/m1/s1. The van der Waals surface area contributed by atoms with Crippen LogP contribution in [0.25, 0.3) is 11.1 Å². The van der Waals surface area contributed by atoms with Gasteiger partial charge < -0.3 is 29.3 Å². The number of rotatable bonds is 19. The number of hydrogen-bond acceptors (Lipinski definition) is 8. The first kappa shape index (κ1) is 48.6. The van der Waals surface area contributed by atoms with Gasteiger partial charge in [-0.05, 0) is 125 Å². The fourth-order valence-electron chi connectivity index (χ4n) is 9.02. The van der Waals surface area contributed by atoms with Gasteiger partial charge >= 0.3 is 6.09 Å². The molecule has 0 saturated carbocycles. The SMILES string of the molecule is CCSc1ccc(OCc2ccccc2)cc1CN1CCN(C(=O)[C@H](NC(=O)OCc2ccccc2)C2CCN(CCc3cc(Cl)ccc3-c3cc(F)cc(OCc4ccccc4)c3)CC2)CC1. The quantitative estimate of drug-likeness (QED) is 0.0804. The number of piperidine rings is 1. The van der Waals surface area contributed by atoms with Crippen molar-refractivity contribution in [3.63, 3.8) is 0 Å². The Morgan fingerprint density at radius 1 is 0.691 bits per heavy atom. The predicted molar refractivity (Wildman–Crippen MR) is 270 cm³/mol. The molecule has 0 spiro atoms. The van der Waals surface area contributed by atoms with E-state index in [0.29, 0.717) is 56.6 Å². The van der Waals surface area contributed by atoms with Crippen LogP contribution in [0.4, 0.5) is 9.18 Å². The average Bonchev–Trinajstić information content (AvgIpc) is 3.37. The van der Waals surface area contributed by atoms with Crippen LogP contribution in [0.2, 0.25) is 5.02 Å². The maximum Gasteiger partial charge on any atom is 0.408 e. The first-order valence-corrected chi connectivity index (χ1v) is 25.0. The molecule has 8 rings (SSSR count). The summed E-state index contributed by atoms with van der Waals surface area (Å²) >= 11 is 8.37. The third-order valence-corrected chi connectivity index (χ3v) is 13.9. The Balaban J connectivity index is 0.891. The molecular formula is C56H60ClFN4O5S. The van der Waals surface area contributed by atoms with Crippen molar-refractivity contribution >= 4 is 35.4 Å². The predicted octanol–water partition coefficient (Wildman–Crippen LogP) is 11.3. The van der Waals surface area contributed by atoms with E-state index in [4.69, 9.17) is 25.8 Å². The van der Waals surface area contributed by atoms with E-state index in [-0.39, 0.29) is 24.2 Å². The van der Waals surface area contributed by atoms with Crippen LogP contribution in [0.3, 0.4) is 0 Å². The van der Waals surface area contributed by atoms with Crippen LogP contribution in [0.5, 0.6) is 11.5 Å². The molecule has 354 valence electrons. The highest BCUT2D eigenvalue weighted by Gasteiger charge is 2.37. The minimum atomic E-state index is -0.719. The summed E-state index contributed by atoms with van der Waals surface area (Å²) in [5, 5.41) is 3.65. The third kappa shape index (κ3) is 13.9. The van der Waals surface area contributed by atoms with Crippen molar-refractivity contribution in [3.8, 4) is 22.6 Å². The summed E-state index contributed by atoms with van der Waals surface area (Å²) in [6.07, 6.45) is 1.55. The molecular weight excluding hydrogens is 895 g/mol. The minimum absolute atomic E-state index is 0.0657. The molecule has 0 bridgehead atoms.